The quantitative estimate of drug-likeness (QED) is 0.177. The molecule has 0 aliphatic rings. The van der Waals surface area contributed by atoms with Gasteiger partial charge in [-0.05, 0) is 48.5 Å². The third-order valence-corrected chi connectivity index (χ3v) is 11.0. The molecule has 0 radical (unpaired) electrons. The molecule has 6 nitrogen and oxygen atoms in total. The third-order valence-electron chi connectivity index (χ3n) is 11.0. The fourth-order valence-corrected chi connectivity index (χ4v) is 8.57. The predicted molar refractivity (Wildman–Crippen MR) is 234 cm³/mol. The van der Waals surface area contributed by atoms with Crippen LogP contribution in [0.25, 0.3) is 106 Å². The molecule has 0 aliphatic heterocycles. The van der Waals surface area contributed by atoms with Crippen molar-refractivity contribution in [2.45, 2.75) is 0 Å². The van der Waals surface area contributed by atoms with E-state index in [4.69, 9.17) is 19.1 Å². The topological polar surface area (TPSA) is 53.5 Å². The normalized spacial score (nSPS) is 13.1. The minimum absolute atomic E-state index is 0.0647. The van der Waals surface area contributed by atoms with Gasteiger partial charge in [0.25, 0.3) is 0 Å². The summed E-state index contributed by atoms with van der Waals surface area (Å²) < 4.78 is 50.2. The average molecular weight is 734 g/mol. The Morgan fingerprint density at radius 1 is 0.351 bits per heavy atom. The van der Waals surface area contributed by atoms with E-state index in [1.165, 1.54) is 0 Å². The number of hydrogen-bond donors (Lipinski definition) is 0. The van der Waals surface area contributed by atoms with E-state index in [0.29, 0.717) is 28.6 Å². The summed E-state index contributed by atoms with van der Waals surface area (Å²) in [6.45, 7) is 0. The zero-order valence-corrected chi connectivity index (χ0v) is 30.3. The summed E-state index contributed by atoms with van der Waals surface area (Å²) in [7, 11) is 0. The van der Waals surface area contributed by atoms with Gasteiger partial charge in [0.15, 0.2) is 11.6 Å². The van der Waals surface area contributed by atoms with Crippen molar-refractivity contribution in [2.75, 3.05) is 0 Å². The Kier molecular flexibility index (Phi) is 5.82. The Labute approximate surface area is 334 Å². The smallest absolute Gasteiger partial charge is 0.238 e. The first kappa shape index (κ1) is 26.9. The van der Waals surface area contributed by atoms with Crippen molar-refractivity contribution in [1.29, 1.82) is 0 Å². The van der Waals surface area contributed by atoms with Gasteiger partial charge in [0.1, 0.15) is 0 Å². The average Bonchev–Trinajstić information content (AvgIpc) is 3.96. The Bertz CT molecular complexity index is 3790. The highest BCUT2D eigenvalue weighted by molar-refractivity contribution is 6.23. The van der Waals surface area contributed by atoms with Crippen LogP contribution in [-0.2, 0) is 0 Å². The van der Waals surface area contributed by atoms with Crippen molar-refractivity contribution >= 4 is 65.4 Å². The molecular formula is C51H32N6. The van der Waals surface area contributed by atoms with Gasteiger partial charge in [-0.2, -0.15) is 9.97 Å². The van der Waals surface area contributed by atoms with E-state index in [2.05, 4.69) is 77.4 Å². The van der Waals surface area contributed by atoms with E-state index in [-0.39, 0.29) is 17.8 Å². The lowest BCUT2D eigenvalue weighted by atomic mass is 10.1. The molecule has 4 heterocycles. The lowest BCUT2D eigenvalue weighted by Crippen LogP contribution is -2.07. The molecule has 8 aromatic carbocycles. The molecule has 0 saturated carbocycles. The van der Waals surface area contributed by atoms with E-state index < -0.39 is 18.1 Å². The zero-order chi connectivity index (χ0) is 41.8. The number of para-hydroxylation sites is 5. The molecule has 12 aromatic rings. The van der Waals surface area contributed by atoms with Gasteiger partial charge in [0.05, 0.1) is 40.0 Å². The molecule has 0 N–H and O–H groups in total. The van der Waals surface area contributed by atoms with Crippen LogP contribution in [0.4, 0.5) is 0 Å². The second-order valence-corrected chi connectivity index (χ2v) is 14.1. The van der Waals surface area contributed by atoms with Gasteiger partial charge in [0.2, 0.25) is 5.95 Å². The maximum Gasteiger partial charge on any atom is 0.238 e. The first-order chi connectivity index (χ1) is 30.4. The standard InChI is InChI=1S/C51H32N6/c1-4-16-33(17-5-1)49-52-50(34-28-29-40-37-22-10-13-25-43(37)55(46(40)32-34)35-18-6-2-7-19-35)54-51(53-49)57-45-27-15-12-24-39(45)42-31-30-41-38-23-11-14-26-44(38)56(47(41)48(42)57)36-20-8-3-9-21-36/h1-32H/i3D,8D,9D,20D,21D. The number of hydrogen-bond acceptors (Lipinski definition) is 3. The monoisotopic (exact) mass is 733 g/mol. The highest BCUT2D eigenvalue weighted by atomic mass is 15.2. The Morgan fingerprint density at radius 2 is 0.842 bits per heavy atom. The first-order valence-electron chi connectivity index (χ1n) is 21.3. The summed E-state index contributed by atoms with van der Waals surface area (Å²) >= 11 is 0. The molecular weight excluding hydrogens is 697 g/mol. The highest BCUT2D eigenvalue weighted by Gasteiger charge is 2.24. The van der Waals surface area contributed by atoms with Crippen LogP contribution in [0, 0.1) is 0 Å². The van der Waals surface area contributed by atoms with Crippen molar-refractivity contribution in [1.82, 2.24) is 28.7 Å². The molecule has 6 heteroatoms. The molecule has 266 valence electrons. The summed E-state index contributed by atoms with van der Waals surface area (Å²) in [4.78, 5) is 15.7. The molecule has 4 aromatic heterocycles. The van der Waals surface area contributed by atoms with Crippen LogP contribution >= 0.6 is 0 Å². The second kappa shape index (κ2) is 12.3. The van der Waals surface area contributed by atoms with Crippen molar-refractivity contribution in [2.24, 2.45) is 0 Å². The van der Waals surface area contributed by atoms with Gasteiger partial charge < -0.3 is 9.13 Å². The zero-order valence-electron chi connectivity index (χ0n) is 35.3. The van der Waals surface area contributed by atoms with Gasteiger partial charge in [-0.25, -0.2) is 4.98 Å². The molecule has 0 aliphatic carbocycles. The molecule has 0 fully saturated rings. The molecule has 0 amide bonds. The Morgan fingerprint density at radius 3 is 1.51 bits per heavy atom. The summed E-state index contributed by atoms with van der Waals surface area (Å²) in [5.41, 5.74) is 7.76. The van der Waals surface area contributed by atoms with E-state index in [9.17, 15) is 2.74 Å². The number of aromatic nitrogens is 6. The van der Waals surface area contributed by atoms with E-state index in [1.807, 2.05) is 100 Å². The van der Waals surface area contributed by atoms with Gasteiger partial charge in [-0.15, -0.1) is 0 Å². The molecule has 0 atom stereocenters. The van der Waals surface area contributed by atoms with Gasteiger partial charge in [-0.1, -0.05) is 146 Å². The summed E-state index contributed by atoms with van der Waals surface area (Å²) in [5.74, 6) is 1.33. The first-order valence-corrected chi connectivity index (χ1v) is 18.8. The predicted octanol–water partition coefficient (Wildman–Crippen LogP) is 12.5. The number of benzene rings is 8. The maximum absolute atomic E-state index is 9.17. The van der Waals surface area contributed by atoms with Crippen LogP contribution in [0.2, 0.25) is 0 Å². The van der Waals surface area contributed by atoms with Crippen molar-refractivity contribution < 1.29 is 6.85 Å². The van der Waals surface area contributed by atoms with Crippen LogP contribution in [-0.4, -0.2) is 28.7 Å². The maximum atomic E-state index is 9.17. The summed E-state index contributed by atoms with van der Waals surface area (Å²) in [5, 5.41) is 5.80. The third kappa shape index (κ3) is 4.74. The van der Waals surface area contributed by atoms with E-state index in [0.717, 1.165) is 71.2 Å². The lowest BCUT2D eigenvalue weighted by molar-refractivity contribution is 0.953. The molecule has 12 rings (SSSR count). The number of nitrogens with zero attached hydrogens (tertiary/aromatic N) is 6. The molecule has 57 heavy (non-hydrogen) atoms. The summed E-state index contributed by atoms with van der Waals surface area (Å²) in [6.07, 6.45) is 0. The largest absolute Gasteiger partial charge is 0.309 e. The van der Waals surface area contributed by atoms with E-state index >= 15 is 0 Å². The van der Waals surface area contributed by atoms with Crippen molar-refractivity contribution in [3.05, 3.63) is 194 Å². The second-order valence-electron chi connectivity index (χ2n) is 14.1. The summed E-state index contributed by atoms with van der Waals surface area (Å²) in [6, 6.07) is 53.1. The fourth-order valence-electron chi connectivity index (χ4n) is 8.57. The highest BCUT2D eigenvalue weighted by Crippen LogP contribution is 2.42. The lowest BCUT2D eigenvalue weighted by Gasteiger charge is -2.13. The molecule has 0 unspecified atom stereocenters. The van der Waals surface area contributed by atoms with Crippen LogP contribution in [0.3, 0.4) is 0 Å². The van der Waals surface area contributed by atoms with Crippen molar-refractivity contribution in [3.63, 3.8) is 0 Å². The van der Waals surface area contributed by atoms with Gasteiger partial charge >= 0.3 is 0 Å². The number of rotatable bonds is 5. The molecule has 0 spiro atoms. The van der Waals surface area contributed by atoms with E-state index in [1.54, 1.807) is 0 Å². The van der Waals surface area contributed by atoms with Crippen LogP contribution in [0.1, 0.15) is 6.85 Å². The number of fused-ring (bicyclic) bond motifs is 10. The minimum atomic E-state index is -0.447. The SMILES string of the molecule is [2H]c1c([2H])c([2H])c(-n2c3ccccc3c3ccc4c5ccccc5n(-c5nc(-c6ccccc6)nc(-c6ccc7c8ccccc8n(-c8ccccc8)c7c6)n5)c4c32)c([2H])c1[2H]. The Balaban J connectivity index is 1.21. The minimum Gasteiger partial charge on any atom is -0.309 e. The van der Waals surface area contributed by atoms with Crippen LogP contribution in [0.5, 0.6) is 0 Å². The van der Waals surface area contributed by atoms with Crippen molar-refractivity contribution in [3.8, 4) is 40.1 Å². The molecule has 0 saturated heterocycles. The van der Waals surface area contributed by atoms with Gasteiger partial charge in [0, 0.05) is 54.8 Å². The van der Waals surface area contributed by atoms with Crippen LogP contribution < -0.4 is 0 Å². The fraction of sp³-hybridized carbons (Fsp3) is 0. The van der Waals surface area contributed by atoms with Gasteiger partial charge in [-0.3, -0.25) is 4.57 Å². The Hall–Kier alpha value is -7.83. The van der Waals surface area contributed by atoms with Crippen LogP contribution in [0.15, 0.2) is 194 Å². The molecule has 0 bridgehead atoms.